The van der Waals surface area contributed by atoms with Gasteiger partial charge in [0, 0.05) is 5.69 Å². The van der Waals surface area contributed by atoms with E-state index in [1.54, 1.807) is 6.07 Å². The lowest BCUT2D eigenvalue weighted by molar-refractivity contribution is -0.137. The molecule has 2 aliphatic heterocycles. The van der Waals surface area contributed by atoms with Gasteiger partial charge in [-0.1, -0.05) is 47.5 Å². The van der Waals surface area contributed by atoms with Gasteiger partial charge in [-0.3, -0.25) is 14.5 Å². The van der Waals surface area contributed by atoms with Crippen LogP contribution < -0.4 is 14.8 Å². The standard InChI is InChI=1S/C27H24N2O4/c1-16-4-8-20(9-5-16)28-25-24(21-10-6-17(2)12-18(21)3)26(30)29(27(25)31)14-19-7-11-22-23(13-19)33-15-32-22/h4-13,28H,14-15H2,1-3H3. The fourth-order valence-corrected chi connectivity index (χ4v) is 4.18. The van der Waals surface area contributed by atoms with Crippen molar-refractivity contribution in [1.82, 2.24) is 4.90 Å². The lowest BCUT2D eigenvalue weighted by Gasteiger charge is -2.16. The van der Waals surface area contributed by atoms with Gasteiger partial charge in [0.25, 0.3) is 11.8 Å². The Kier molecular flexibility index (Phi) is 5.13. The molecule has 3 aromatic carbocycles. The van der Waals surface area contributed by atoms with Crippen molar-refractivity contribution in [3.8, 4) is 11.5 Å². The number of ether oxygens (including phenoxy) is 2. The zero-order valence-corrected chi connectivity index (χ0v) is 18.8. The van der Waals surface area contributed by atoms with E-state index in [2.05, 4.69) is 5.32 Å². The molecule has 0 saturated heterocycles. The number of rotatable bonds is 5. The van der Waals surface area contributed by atoms with Crippen molar-refractivity contribution in [2.75, 3.05) is 12.1 Å². The van der Waals surface area contributed by atoms with Crippen LogP contribution in [0.3, 0.4) is 0 Å². The minimum absolute atomic E-state index is 0.141. The molecule has 2 amide bonds. The van der Waals surface area contributed by atoms with Gasteiger partial charge in [0.05, 0.1) is 12.1 Å². The van der Waals surface area contributed by atoms with Crippen LogP contribution in [-0.4, -0.2) is 23.5 Å². The monoisotopic (exact) mass is 440 g/mol. The molecule has 0 spiro atoms. The number of carbonyl (C=O) groups excluding carboxylic acids is 2. The third-order valence-electron chi connectivity index (χ3n) is 5.92. The summed E-state index contributed by atoms with van der Waals surface area (Å²) in [5.74, 6) is 0.605. The van der Waals surface area contributed by atoms with E-state index in [1.165, 1.54) is 4.90 Å². The number of hydrogen-bond acceptors (Lipinski definition) is 5. The third kappa shape index (κ3) is 3.84. The summed E-state index contributed by atoms with van der Waals surface area (Å²) in [5.41, 5.74) is 6.12. The summed E-state index contributed by atoms with van der Waals surface area (Å²) in [6.45, 7) is 6.27. The van der Waals surface area contributed by atoms with Gasteiger partial charge in [0.15, 0.2) is 11.5 Å². The van der Waals surface area contributed by atoms with Crippen LogP contribution in [0, 0.1) is 20.8 Å². The molecule has 0 atom stereocenters. The van der Waals surface area contributed by atoms with Crippen molar-refractivity contribution in [1.29, 1.82) is 0 Å². The first kappa shape index (κ1) is 20.8. The summed E-state index contributed by atoms with van der Waals surface area (Å²) in [6, 6.07) is 19.1. The van der Waals surface area contributed by atoms with Crippen LogP contribution in [0.2, 0.25) is 0 Å². The molecule has 0 radical (unpaired) electrons. The molecule has 0 bridgehead atoms. The molecule has 6 nitrogen and oxygen atoms in total. The molecule has 5 rings (SSSR count). The van der Waals surface area contributed by atoms with Gasteiger partial charge in [-0.2, -0.15) is 0 Å². The number of imide groups is 1. The second-order valence-corrected chi connectivity index (χ2v) is 8.44. The highest BCUT2D eigenvalue weighted by Crippen LogP contribution is 2.36. The summed E-state index contributed by atoms with van der Waals surface area (Å²) >= 11 is 0. The molecule has 1 N–H and O–H groups in total. The van der Waals surface area contributed by atoms with Gasteiger partial charge < -0.3 is 14.8 Å². The second kappa shape index (κ2) is 8.13. The second-order valence-electron chi connectivity index (χ2n) is 8.44. The molecule has 166 valence electrons. The maximum Gasteiger partial charge on any atom is 0.278 e. The number of aryl methyl sites for hydroxylation is 3. The van der Waals surface area contributed by atoms with Gasteiger partial charge in [-0.05, 0) is 61.7 Å². The summed E-state index contributed by atoms with van der Waals surface area (Å²) in [6.07, 6.45) is 0. The lowest BCUT2D eigenvalue weighted by Crippen LogP contribution is -2.32. The Morgan fingerprint density at radius 2 is 1.55 bits per heavy atom. The normalized spacial score (nSPS) is 14.9. The van der Waals surface area contributed by atoms with E-state index < -0.39 is 0 Å². The van der Waals surface area contributed by atoms with Gasteiger partial charge in [-0.15, -0.1) is 0 Å². The molecule has 0 unspecified atom stereocenters. The largest absolute Gasteiger partial charge is 0.454 e. The van der Waals surface area contributed by atoms with E-state index in [0.29, 0.717) is 17.1 Å². The minimum Gasteiger partial charge on any atom is -0.454 e. The fraction of sp³-hybridized carbons (Fsp3) is 0.185. The summed E-state index contributed by atoms with van der Waals surface area (Å²) < 4.78 is 10.8. The Morgan fingerprint density at radius 3 is 2.30 bits per heavy atom. The van der Waals surface area contributed by atoms with Gasteiger partial charge in [0.1, 0.15) is 5.70 Å². The van der Waals surface area contributed by atoms with E-state index >= 15 is 0 Å². The average molecular weight is 440 g/mol. The number of carbonyl (C=O) groups is 2. The number of hydrogen-bond donors (Lipinski definition) is 1. The molecular weight excluding hydrogens is 416 g/mol. The number of benzene rings is 3. The maximum absolute atomic E-state index is 13.6. The fourth-order valence-electron chi connectivity index (χ4n) is 4.18. The number of anilines is 1. The van der Waals surface area contributed by atoms with Crippen LogP contribution >= 0.6 is 0 Å². The van der Waals surface area contributed by atoms with Gasteiger partial charge in [-0.25, -0.2) is 0 Å². The molecule has 0 fully saturated rings. The van der Waals surface area contributed by atoms with Crippen LogP contribution in [0.5, 0.6) is 11.5 Å². The Balaban J connectivity index is 1.53. The van der Waals surface area contributed by atoms with Crippen LogP contribution in [-0.2, 0) is 16.1 Å². The number of nitrogens with zero attached hydrogens (tertiary/aromatic N) is 1. The first-order chi connectivity index (χ1) is 15.9. The number of amides is 2. The van der Waals surface area contributed by atoms with Crippen molar-refractivity contribution in [3.05, 3.63) is 94.2 Å². The Bertz CT molecular complexity index is 1310. The van der Waals surface area contributed by atoms with Crippen molar-refractivity contribution >= 4 is 23.1 Å². The highest BCUT2D eigenvalue weighted by atomic mass is 16.7. The van der Waals surface area contributed by atoms with E-state index in [4.69, 9.17) is 9.47 Å². The van der Waals surface area contributed by atoms with Crippen molar-refractivity contribution < 1.29 is 19.1 Å². The minimum atomic E-state index is -0.354. The first-order valence-electron chi connectivity index (χ1n) is 10.8. The first-order valence-corrected chi connectivity index (χ1v) is 10.8. The van der Waals surface area contributed by atoms with Crippen LogP contribution in [0.4, 0.5) is 5.69 Å². The number of nitrogens with one attached hydrogen (secondary N) is 1. The van der Waals surface area contributed by atoms with Gasteiger partial charge in [0.2, 0.25) is 6.79 Å². The van der Waals surface area contributed by atoms with Crippen LogP contribution in [0.15, 0.2) is 66.4 Å². The maximum atomic E-state index is 13.6. The summed E-state index contributed by atoms with van der Waals surface area (Å²) in [5, 5.41) is 3.22. The van der Waals surface area contributed by atoms with E-state index in [0.717, 1.165) is 33.5 Å². The quantitative estimate of drug-likeness (QED) is 0.581. The zero-order chi connectivity index (χ0) is 23.1. The molecule has 3 aromatic rings. The molecule has 2 aliphatic rings. The van der Waals surface area contributed by atoms with Crippen LogP contribution in [0.25, 0.3) is 5.57 Å². The highest BCUT2D eigenvalue weighted by molar-refractivity contribution is 6.36. The lowest BCUT2D eigenvalue weighted by atomic mass is 9.97. The van der Waals surface area contributed by atoms with Gasteiger partial charge >= 0.3 is 0 Å². The van der Waals surface area contributed by atoms with E-state index in [9.17, 15) is 9.59 Å². The molecule has 2 heterocycles. The van der Waals surface area contributed by atoms with E-state index in [1.807, 2.05) is 75.4 Å². The molecule has 33 heavy (non-hydrogen) atoms. The number of fused-ring (bicyclic) bond motifs is 1. The summed E-state index contributed by atoms with van der Waals surface area (Å²) in [4.78, 5) is 28.4. The topological polar surface area (TPSA) is 67.9 Å². The molecular formula is C27H24N2O4. The SMILES string of the molecule is Cc1ccc(NC2=C(c3ccc(C)cc3C)C(=O)N(Cc3ccc4c(c3)OCO4)C2=O)cc1. The predicted octanol–water partition coefficient (Wildman–Crippen LogP) is 4.73. The summed E-state index contributed by atoms with van der Waals surface area (Å²) in [7, 11) is 0. The zero-order valence-electron chi connectivity index (χ0n) is 18.8. The van der Waals surface area contributed by atoms with Crippen molar-refractivity contribution in [3.63, 3.8) is 0 Å². The van der Waals surface area contributed by atoms with Crippen LogP contribution in [0.1, 0.15) is 27.8 Å². The smallest absolute Gasteiger partial charge is 0.278 e. The molecule has 0 aromatic heterocycles. The Morgan fingerprint density at radius 1 is 0.818 bits per heavy atom. The molecule has 6 heteroatoms. The molecule has 0 aliphatic carbocycles. The molecule has 0 saturated carbocycles. The Labute approximate surface area is 192 Å². The van der Waals surface area contributed by atoms with Crippen molar-refractivity contribution in [2.24, 2.45) is 0 Å². The average Bonchev–Trinajstić information content (AvgIpc) is 3.34. The van der Waals surface area contributed by atoms with Crippen molar-refractivity contribution in [2.45, 2.75) is 27.3 Å². The highest BCUT2D eigenvalue weighted by Gasteiger charge is 2.39. The third-order valence-corrected chi connectivity index (χ3v) is 5.92. The van der Waals surface area contributed by atoms with E-state index in [-0.39, 0.29) is 30.8 Å². The predicted molar refractivity (Wildman–Crippen MR) is 126 cm³/mol. The Hall–Kier alpha value is -4.06.